The van der Waals surface area contributed by atoms with Crippen LogP contribution in [0.5, 0.6) is 5.75 Å². The summed E-state index contributed by atoms with van der Waals surface area (Å²) >= 11 is 0. The first-order chi connectivity index (χ1) is 18.0. The Bertz CT molecular complexity index is 1280. The van der Waals surface area contributed by atoms with Crippen molar-refractivity contribution in [3.63, 3.8) is 0 Å². The lowest BCUT2D eigenvalue weighted by Crippen LogP contribution is -2.49. The molecule has 2 heterocycles. The molecule has 1 aliphatic carbocycles. The number of anilines is 1. The van der Waals surface area contributed by atoms with E-state index in [2.05, 4.69) is 5.10 Å². The van der Waals surface area contributed by atoms with Crippen LogP contribution in [0.15, 0.2) is 59.5 Å². The van der Waals surface area contributed by atoms with Crippen molar-refractivity contribution in [1.29, 1.82) is 0 Å². The minimum Gasteiger partial charge on any atom is -0.483 e. The van der Waals surface area contributed by atoms with E-state index in [1.54, 1.807) is 0 Å². The van der Waals surface area contributed by atoms with Crippen LogP contribution in [-0.4, -0.2) is 52.9 Å². The molecular formula is C28H30F2N4O3. The Balaban J connectivity index is 1.38. The highest BCUT2D eigenvalue weighted by Gasteiger charge is 2.27. The van der Waals surface area contributed by atoms with Crippen molar-refractivity contribution >= 4 is 11.6 Å². The molecular weight excluding hydrogens is 478 g/mol. The zero-order valence-corrected chi connectivity index (χ0v) is 20.6. The van der Waals surface area contributed by atoms with E-state index in [4.69, 9.17) is 4.74 Å². The molecule has 2 fully saturated rings. The van der Waals surface area contributed by atoms with Crippen molar-refractivity contribution in [1.82, 2.24) is 14.7 Å². The van der Waals surface area contributed by atoms with Gasteiger partial charge in [-0.15, -0.1) is 0 Å². The molecule has 1 amide bonds. The fraction of sp³-hybridized carbons (Fsp3) is 0.393. The Morgan fingerprint density at radius 3 is 2.30 bits per heavy atom. The first-order valence-corrected chi connectivity index (χ1v) is 12.8. The fourth-order valence-electron chi connectivity index (χ4n) is 5.04. The van der Waals surface area contributed by atoms with E-state index in [1.807, 2.05) is 40.1 Å². The van der Waals surface area contributed by atoms with Gasteiger partial charge in [0, 0.05) is 32.2 Å². The Morgan fingerprint density at radius 2 is 1.62 bits per heavy atom. The number of piperazine rings is 1. The molecule has 37 heavy (non-hydrogen) atoms. The minimum atomic E-state index is -0.793. The molecule has 2 aliphatic rings. The molecule has 1 saturated carbocycles. The summed E-state index contributed by atoms with van der Waals surface area (Å²) in [6.07, 6.45) is 6.63. The second-order valence-corrected chi connectivity index (χ2v) is 9.61. The summed E-state index contributed by atoms with van der Waals surface area (Å²) in [7, 11) is 0. The fourth-order valence-corrected chi connectivity index (χ4v) is 5.04. The van der Waals surface area contributed by atoms with Gasteiger partial charge in [-0.1, -0.05) is 36.8 Å². The lowest BCUT2D eigenvalue weighted by molar-refractivity contribution is -0.130. The van der Waals surface area contributed by atoms with E-state index >= 15 is 0 Å². The number of rotatable bonds is 6. The summed E-state index contributed by atoms with van der Waals surface area (Å²) in [4.78, 5) is 30.2. The van der Waals surface area contributed by atoms with Crippen LogP contribution in [0.1, 0.15) is 37.7 Å². The van der Waals surface area contributed by atoms with Crippen LogP contribution in [-0.2, 0) is 11.2 Å². The highest BCUT2D eigenvalue weighted by Crippen LogP contribution is 2.30. The van der Waals surface area contributed by atoms with E-state index in [9.17, 15) is 18.4 Å². The second kappa shape index (κ2) is 11.1. The average Bonchev–Trinajstić information content (AvgIpc) is 2.90. The van der Waals surface area contributed by atoms with Crippen molar-refractivity contribution in [2.45, 2.75) is 44.6 Å². The standard InChI is InChI=1S/C28H30F2N4O3/c29-21-16-22(30)18-23(17-21)34-28(36)27(37-24-9-5-2-6-10-24)25(19-31-34)32-11-13-33(14-12-32)26(35)15-20-7-3-1-4-8-20/h1,3-4,7-8,16-19,24H,2,5-6,9-15H2. The van der Waals surface area contributed by atoms with Crippen LogP contribution < -0.4 is 15.2 Å². The maximum Gasteiger partial charge on any atom is 0.316 e. The number of carbonyl (C=O) groups excluding carboxylic acids is 1. The highest BCUT2D eigenvalue weighted by atomic mass is 19.1. The van der Waals surface area contributed by atoms with Gasteiger partial charge in [0.05, 0.1) is 24.4 Å². The molecule has 0 radical (unpaired) electrons. The number of carbonyl (C=O) groups is 1. The third-order valence-corrected chi connectivity index (χ3v) is 7.01. The third kappa shape index (κ3) is 5.81. The number of aromatic nitrogens is 2. The topological polar surface area (TPSA) is 67.7 Å². The number of nitrogens with zero attached hydrogens (tertiary/aromatic N) is 4. The number of hydrogen-bond acceptors (Lipinski definition) is 5. The SMILES string of the molecule is O=C(Cc1ccccc1)N1CCN(c2cnn(-c3cc(F)cc(F)c3)c(=O)c2OC2CCCCC2)CC1. The maximum absolute atomic E-state index is 13.9. The Hall–Kier alpha value is -3.75. The molecule has 2 aromatic carbocycles. The number of halogens is 2. The van der Waals surface area contributed by atoms with Crippen LogP contribution in [0.3, 0.4) is 0 Å². The van der Waals surface area contributed by atoms with Gasteiger partial charge < -0.3 is 14.5 Å². The summed E-state index contributed by atoms with van der Waals surface area (Å²) in [6.45, 7) is 2.04. The lowest BCUT2D eigenvalue weighted by Gasteiger charge is -2.37. The normalized spacial score (nSPS) is 16.6. The molecule has 0 atom stereocenters. The quantitative estimate of drug-likeness (QED) is 0.501. The van der Waals surface area contributed by atoms with Gasteiger partial charge in [0.2, 0.25) is 11.7 Å². The molecule has 7 nitrogen and oxygen atoms in total. The molecule has 0 spiro atoms. The van der Waals surface area contributed by atoms with Gasteiger partial charge in [0.15, 0.2) is 0 Å². The Morgan fingerprint density at radius 1 is 0.946 bits per heavy atom. The van der Waals surface area contributed by atoms with Crippen molar-refractivity contribution in [3.8, 4) is 11.4 Å². The zero-order valence-electron chi connectivity index (χ0n) is 20.6. The van der Waals surface area contributed by atoms with Crippen LogP contribution in [0.2, 0.25) is 0 Å². The molecule has 0 bridgehead atoms. The van der Waals surface area contributed by atoms with Gasteiger partial charge in [0.25, 0.3) is 0 Å². The summed E-state index contributed by atoms with van der Waals surface area (Å²) in [5, 5.41) is 4.24. The Labute approximate surface area is 214 Å². The van der Waals surface area contributed by atoms with Crippen LogP contribution >= 0.6 is 0 Å². The number of hydrogen-bond donors (Lipinski definition) is 0. The number of benzene rings is 2. The van der Waals surface area contributed by atoms with Gasteiger partial charge >= 0.3 is 5.56 Å². The lowest BCUT2D eigenvalue weighted by atomic mass is 9.98. The summed E-state index contributed by atoms with van der Waals surface area (Å²) in [5.74, 6) is -1.39. The van der Waals surface area contributed by atoms with Crippen molar-refractivity contribution in [3.05, 3.63) is 82.3 Å². The van der Waals surface area contributed by atoms with E-state index < -0.39 is 17.2 Å². The molecule has 0 N–H and O–H groups in total. The van der Waals surface area contributed by atoms with Gasteiger partial charge in [-0.25, -0.2) is 8.78 Å². The predicted molar refractivity (Wildman–Crippen MR) is 136 cm³/mol. The first-order valence-electron chi connectivity index (χ1n) is 12.8. The number of ether oxygens (including phenoxy) is 1. The molecule has 1 aliphatic heterocycles. The Kier molecular flexibility index (Phi) is 7.48. The molecule has 194 valence electrons. The third-order valence-electron chi connectivity index (χ3n) is 7.01. The first kappa shape index (κ1) is 24.9. The summed E-state index contributed by atoms with van der Waals surface area (Å²) < 4.78 is 35.0. The molecule has 3 aromatic rings. The maximum atomic E-state index is 13.9. The molecule has 1 aromatic heterocycles. The summed E-state index contributed by atoms with van der Waals surface area (Å²) in [6, 6.07) is 12.5. The van der Waals surface area contributed by atoms with E-state index in [1.165, 1.54) is 6.20 Å². The van der Waals surface area contributed by atoms with Crippen molar-refractivity contribution < 1.29 is 18.3 Å². The average molecular weight is 509 g/mol. The molecule has 5 rings (SSSR count). The van der Waals surface area contributed by atoms with Crippen molar-refractivity contribution in [2.75, 3.05) is 31.1 Å². The molecule has 0 unspecified atom stereocenters. The van der Waals surface area contributed by atoms with Crippen LogP contribution in [0.25, 0.3) is 5.69 Å². The van der Waals surface area contributed by atoms with Gasteiger partial charge in [-0.2, -0.15) is 9.78 Å². The monoisotopic (exact) mass is 508 g/mol. The van der Waals surface area contributed by atoms with E-state index in [-0.39, 0.29) is 23.4 Å². The van der Waals surface area contributed by atoms with Gasteiger partial charge in [-0.3, -0.25) is 9.59 Å². The van der Waals surface area contributed by atoms with Crippen LogP contribution in [0.4, 0.5) is 14.5 Å². The van der Waals surface area contributed by atoms with Gasteiger partial charge in [-0.05, 0) is 43.4 Å². The number of amides is 1. The predicted octanol–water partition coefficient (Wildman–Crippen LogP) is 4.11. The largest absolute Gasteiger partial charge is 0.483 e. The summed E-state index contributed by atoms with van der Waals surface area (Å²) in [5.41, 5.74) is 0.952. The second-order valence-electron chi connectivity index (χ2n) is 9.61. The minimum absolute atomic E-state index is 0.00104. The molecule has 9 heteroatoms. The smallest absolute Gasteiger partial charge is 0.316 e. The van der Waals surface area contributed by atoms with Gasteiger partial charge in [0.1, 0.15) is 17.3 Å². The zero-order chi connectivity index (χ0) is 25.8. The van der Waals surface area contributed by atoms with E-state index in [0.29, 0.717) is 38.3 Å². The van der Waals surface area contributed by atoms with Crippen LogP contribution in [0, 0.1) is 11.6 Å². The van der Waals surface area contributed by atoms with E-state index in [0.717, 1.165) is 60.5 Å². The molecule has 1 saturated heterocycles. The highest BCUT2D eigenvalue weighted by molar-refractivity contribution is 5.79. The van der Waals surface area contributed by atoms with Crippen molar-refractivity contribution in [2.24, 2.45) is 0 Å².